The van der Waals surface area contributed by atoms with Gasteiger partial charge in [-0.1, -0.05) is 77.0 Å². The van der Waals surface area contributed by atoms with Crippen molar-refractivity contribution in [2.24, 2.45) is 34.7 Å². The number of nitrogens with zero attached hydrogens (tertiary/aromatic N) is 3. The average Bonchev–Trinajstić information content (AvgIpc) is 3.17. The summed E-state index contributed by atoms with van der Waals surface area (Å²) in [6.07, 6.45) is 0.327. The Hall–Kier alpha value is -3.30. The van der Waals surface area contributed by atoms with Gasteiger partial charge in [0.25, 0.3) is 0 Å². The fraction of sp³-hybridized carbons (Fsp3) is 0.689. The first-order chi connectivity index (χ1) is 27.2. The van der Waals surface area contributed by atoms with Crippen molar-refractivity contribution >= 4 is 34.4 Å². The monoisotopic (exact) mass is 811 g/mol. The van der Waals surface area contributed by atoms with Crippen LogP contribution < -0.4 is 0 Å². The summed E-state index contributed by atoms with van der Waals surface area (Å²) in [5.41, 5.74) is -1.03. The molecule has 1 aromatic heterocycles. The number of aliphatic hydroxyl groups is 3. The van der Waals surface area contributed by atoms with Crippen molar-refractivity contribution in [3.63, 3.8) is 0 Å². The summed E-state index contributed by atoms with van der Waals surface area (Å²) in [6, 6.07) is 9.59. The number of cyclic esters (lactones) is 1. The zero-order chi connectivity index (χ0) is 43.1. The number of ether oxygens (including phenoxy) is 4. The second-order valence-corrected chi connectivity index (χ2v) is 17.6. The van der Waals surface area contributed by atoms with E-state index in [2.05, 4.69) is 10.1 Å². The van der Waals surface area contributed by atoms with Gasteiger partial charge in [0.2, 0.25) is 0 Å². The van der Waals surface area contributed by atoms with Crippen molar-refractivity contribution in [1.29, 1.82) is 0 Å². The van der Waals surface area contributed by atoms with E-state index in [4.69, 9.17) is 23.8 Å². The molecule has 0 unspecified atom stereocenters. The number of rotatable bonds is 11. The molecule has 324 valence electrons. The summed E-state index contributed by atoms with van der Waals surface area (Å²) in [6.45, 7) is 18.2. The Morgan fingerprint density at radius 1 is 1.07 bits per heavy atom. The maximum atomic E-state index is 14.5. The zero-order valence-electron chi connectivity index (χ0n) is 36.6. The van der Waals surface area contributed by atoms with Crippen LogP contribution in [0.15, 0.2) is 47.8 Å². The third kappa shape index (κ3) is 11.3. The quantitative estimate of drug-likeness (QED) is 0.142. The molecule has 0 aliphatic carbocycles. The first kappa shape index (κ1) is 47.4. The number of carbonyl (C=O) groups excluding carboxylic acids is 2. The van der Waals surface area contributed by atoms with Gasteiger partial charge in [0.05, 0.1) is 41.7 Å². The van der Waals surface area contributed by atoms with Gasteiger partial charge in [0.15, 0.2) is 12.1 Å². The highest BCUT2D eigenvalue weighted by Crippen LogP contribution is 2.39. The van der Waals surface area contributed by atoms with Crippen molar-refractivity contribution in [3.05, 3.63) is 48.2 Å². The predicted octanol–water partition coefficient (Wildman–Crippen LogP) is 5.81. The van der Waals surface area contributed by atoms with Gasteiger partial charge >= 0.3 is 5.97 Å². The van der Waals surface area contributed by atoms with Gasteiger partial charge in [0.1, 0.15) is 30.3 Å². The van der Waals surface area contributed by atoms with Crippen molar-refractivity contribution < 1.29 is 48.7 Å². The van der Waals surface area contributed by atoms with E-state index in [0.717, 1.165) is 16.5 Å². The Balaban J connectivity index is 1.86. The lowest BCUT2D eigenvalue weighted by Gasteiger charge is -2.47. The topological polar surface area (TPSA) is 169 Å². The first-order valence-electron chi connectivity index (χ1n) is 20.9. The Bertz CT molecular complexity index is 1730. The average molecular weight is 812 g/mol. The fourth-order valence-electron chi connectivity index (χ4n) is 8.42. The van der Waals surface area contributed by atoms with E-state index in [1.54, 1.807) is 27.0 Å². The van der Waals surface area contributed by atoms with Crippen LogP contribution in [0.25, 0.3) is 17.0 Å². The Morgan fingerprint density at radius 2 is 1.76 bits per heavy atom. The number of aromatic nitrogens is 1. The van der Waals surface area contributed by atoms with E-state index in [1.165, 1.54) is 13.8 Å². The molecule has 2 aromatic rings. The van der Waals surface area contributed by atoms with Crippen LogP contribution in [0.4, 0.5) is 0 Å². The number of oxime groups is 1. The second kappa shape index (κ2) is 20.3. The summed E-state index contributed by atoms with van der Waals surface area (Å²) < 4.78 is 25.8. The molecule has 2 fully saturated rings. The van der Waals surface area contributed by atoms with Crippen molar-refractivity contribution in [3.8, 4) is 0 Å². The molecule has 13 atom stereocenters. The highest BCUT2D eigenvalue weighted by molar-refractivity contribution is 6.00. The smallest absolute Gasteiger partial charge is 0.316 e. The molecule has 3 heterocycles. The van der Waals surface area contributed by atoms with Gasteiger partial charge in [0, 0.05) is 35.4 Å². The minimum atomic E-state index is -1.91. The van der Waals surface area contributed by atoms with Crippen molar-refractivity contribution in [1.82, 2.24) is 9.88 Å². The lowest BCUT2D eigenvalue weighted by Crippen LogP contribution is -2.60. The second-order valence-electron chi connectivity index (χ2n) is 17.6. The van der Waals surface area contributed by atoms with Crippen LogP contribution in [-0.4, -0.2) is 124 Å². The molecule has 3 N–H and O–H groups in total. The van der Waals surface area contributed by atoms with E-state index >= 15 is 0 Å². The molecule has 58 heavy (non-hydrogen) atoms. The maximum absolute atomic E-state index is 14.5. The highest BCUT2D eigenvalue weighted by atomic mass is 16.7. The van der Waals surface area contributed by atoms with Gasteiger partial charge in [-0.3, -0.25) is 14.6 Å². The first-order valence-corrected chi connectivity index (χ1v) is 20.9. The molecule has 0 saturated carbocycles. The Labute approximate surface area is 345 Å². The number of carbonyl (C=O) groups is 2. The van der Waals surface area contributed by atoms with E-state index in [0.29, 0.717) is 18.7 Å². The zero-order valence-corrected chi connectivity index (χ0v) is 36.6. The normalized spacial score (nSPS) is 36.8. The number of ketones is 1. The molecule has 0 spiro atoms. The summed E-state index contributed by atoms with van der Waals surface area (Å²) in [5.74, 6) is -4.67. The van der Waals surface area contributed by atoms with Crippen LogP contribution in [0.5, 0.6) is 0 Å². The SMILES string of the molecule is CC[C@@H]1OC(=O)[C@H](C)C(=O)[C@H](C)[C@@H](O[C@@H]2O[C@H](C)C[C@H](N(C)C)[C@H]2O)[C@@](C)(OC/C=C/c2cnc3ccccc3c2)C[C@@H](C)/C(=N\OCC(C)C)[C@@H](C)[C@@H](O)[C@]1(C)O. The lowest BCUT2D eigenvalue weighted by atomic mass is 9.74. The van der Waals surface area contributed by atoms with Gasteiger partial charge in [-0.25, -0.2) is 0 Å². The molecule has 0 bridgehead atoms. The molecule has 0 radical (unpaired) electrons. The summed E-state index contributed by atoms with van der Waals surface area (Å²) in [4.78, 5) is 40.6. The largest absolute Gasteiger partial charge is 0.459 e. The van der Waals surface area contributed by atoms with E-state index in [-0.39, 0.29) is 37.5 Å². The predicted molar refractivity (Wildman–Crippen MR) is 224 cm³/mol. The lowest BCUT2D eigenvalue weighted by molar-refractivity contribution is -0.296. The standard InChI is InChI=1S/C45H69N3O10/c1-13-36-45(10,53)40(51)29(6)37(47-55-25-26(2)3)27(4)23-44(9,54-20-16-17-32-22-33-18-14-15-19-34(33)46-24-32)41(30(7)38(49)31(8)42(52)57-36)58-43-39(50)35(48(11)12)21-28(5)56-43/h14-19,22,24,26-31,35-36,39-41,43,50-51,53H,13,20-21,23,25H2,1-12H3/b17-16+,47-37+/t27-,28-,29-,30+,31-,35+,36+,39-,40-,41-,43+,44+,45-/m1/s1. The van der Waals surface area contributed by atoms with Crippen molar-refractivity contribution in [2.75, 3.05) is 27.3 Å². The van der Waals surface area contributed by atoms with E-state index < -0.39 is 77.3 Å². The van der Waals surface area contributed by atoms with Crippen LogP contribution in [-0.2, 0) is 33.4 Å². The number of esters is 1. The molecular formula is C45H69N3O10. The van der Waals surface area contributed by atoms with Crippen LogP contribution in [0.1, 0.15) is 94.1 Å². The molecule has 1 aromatic carbocycles. The number of pyridine rings is 1. The van der Waals surface area contributed by atoms with Crippen molar-refractivity contribution in [2.45, 2.75) is 143 Å². The Morgan fingerprint density at radius 3 is 2.41 bits per heavy atom. The summed E-state index contributed by atoms with van der Waals surface area (Å²) in [7, 11) is 3.77. The number of aliphatic hydroxyl groups excluding tert-OH is 2. The number of likely N-dealkylation sites (N-methyl/N-ethyl adjacent to an activating group) is 1. The number of hydrogen-bond acceptors (Lipinski definition) is 13. The van der Waals surface area contributed by atoms with E-state index in [9.17, 15) is 24.9 Å². The molecule has 2 aliphatic heterocycles. The minimum Gasteiger partial charge on any atom is -0.459 e. The van der Waals surface area contributed by atoms with Gasteiger partial charge in [-0.05, 0) is 84.7 Å². The fourth-order valence-corrected chi connectivity index (χ4v) is 8.42. The third-order valence-electron chi connectivity index (χ3n) is 11.9. The number of hydrogen-bond donors (Lipinski definition) is 3. The molecule has 4 rings (SSSR count). The van der Waals surface area contributed by atoms with E-state index in [1.807, 2.05) is 96.1 Å². The summed E-state index contributed by atoms with van der Waals surface area (Å²) >= 11 is 0. The van der Waals surface area contributed by atoms with Gasteiger partial charge < -0.3 is 44.0 Å². The van der Waals surface area contributed by atoms with Gasteiger partial charge in [-0.2, -0.15) is 0 Å². The molecule has 13 heteroatoms. The highest BCUT2D eigenvalue weighted by Gasteiger charge is 2.52. The number of benzene rings is 1. The molecule has 2 aliphatic rings. The number of para-hydroxylation sites is 1. The Kier molecular flexibility index (Phi) is 16.6. The minimum absolute atomic E-state index is 0.0839. The molecule has 13 nitrogen and oxygen atoms in total. The van der Waals surface area contributed by atoms with Crippen LogP contribution in [0.3, 0.4) is 0 Å². The van der Waals surface area contributed by atoms with Gasteiger partial charge in [-0.15, -0.1) is 0 Å². The third-order valence-corrected chi connectivity index (χ3v) is 11.9. The van der Waals surface area contributed by atoms with Crippen LogP contribution in [0, 0.1) is 29.6 Å². The van der Waals surface area contributed by atoms with Crippen LogP contribution in [0.2, 0.25) is 0 Å². The molecule has 0 amide bonds. The number of Topliss-reactive ketones (excluding diaryl/α,β-unsaturated/α-hetero) is 1. The molecular weight excluding hydrogens is 743 g/mol. The maximum Gasteiger partial charge on any atom is 0.316 e. The molecule has 2 saturated heterocycles. The number of fused-ring (bicyclic) bond motifs is 1. The van der Waals surface area contributed by atoms with Crippen LogP contribution >= 0.6 is 0 Å². The summed E-state index contributed by atoms with van der Waals surface area (Å²) in [5, 5.41) is 41.0.